The van der Waals surface area contributed by atoms with Crippen molar-refractivity contribution in [3.05, 3.63) is 54.6 Å². The summed E-state index contributed by atoms with van der Waals surface area (Å²) in [5.74, 6) is -0.0474. The van der Waals surface area contributed by atoms with Crippen LogP contribution in [-0.2, 0) is 0 Å². The number of rotatable bonds is 8. The third-order valence-corrected chi connectivity index (χ3v) is 3.72. The molecule has 0 aromatic heterocycles. The lowest BCUT2D eigenvalue weighted by Crippen LogP contribution is -2.18. The molecule has 0 aliphatic heterocycles. The molecule has 0 saturated carbocycles. The van der Waals surface area contributed by atoms with Crippen molar-refractivity contribution in [2.24, 2.45) is 5.92 Å². The first-order valence-corrected chi connectivity index (χ1v) is 8.04. The van der Waals surface area contributed by atoms with E-state index >= 15 is 0 Å². The molecule has 3 unspecified atom stereocenters. The summed E-state index contributed by atoms with van der Waals surface area (Å²) in [6.07, 6.45) is -2.34. The molecular formula is C20H21F2NO. The zero-order valence-corrected chi connectivity index (χ0v) is 13.7. The third kappa shape index (κ3) is 5.66. The van der Waals surface area contributed by atoms with E-state index in [2.05, 4.69) is 0 Å². The molecule has 24 heavy (non-hydrogen) atoms. The number of hydrogen-bond donors (Lipinski definition) is 0. The van der Waals surface area contributed by atoms with Crippen LogP contribution >= 0.6 is 0 Å². The molecule has 0 N–H and O–H groups in total. The largest absolute Gasteiger partial charge is 0.491 e. The zero-order chi connectivity index (χ0) is 17.4. The number of hydrogen-bond acceptors (Lipinski definition) is 2. The number of nitriles is 1. The van der Waals surface area contributed by atoms with E-state index in [4.69, 9.17) is 10.00 Å². The van der Waals surface area contributed by atoms with Gasteiger partial charge in [0.25, 0.3) is 0 Å². The van der Waals surface area contributed by atoms with Gasteiger partial charge in [-0.1, -0.05) is 42.5 Å². The Labute approximate surface area is 141 Å². The highest BCUT2D eigenvalue weighted by atomic mass is 19.1. The summed E-state index contributed by atoms with van der Waals surface area (Å²) in [6.45, 7) is 1.24. The van der Waals surface area contributed by atoms with Crippen molar-refractivity contribution in [2.75, 3.05) is 6.61 Å². The molecule has 0 fully saturated rings. The normalized spacial score (nSPS) is 14.4. The molecule has 3 atom stereocenters. The molecule has 2 aromatic rings. The minimum atomic E-state index is -1.29. The lowest BCUT2D eigenvalue weighted by molar-refractivity contribution is 0.168. The summed E-state index contributed by atoms with van der Waals surface area (Å²) in [5.41, 5.74) is 2.16. The van der Waals surface area contributed by atoms with E-state index in [0.29, 0.717) is 5.75 Å². The molecule has 0 spiro atoms. The van der Waals surface area contributed by atoms with E-state index in [1.807, 2.05) is 48.5 Å². The monoisotopic (exact) mass is 329 g/mol. The van der Waals surface area contributed by atoms with Crippen LogP contribution in [0.5, 0.6) is 5.75 Å². The van der Waals surface area contributed by atoms with Crippen LogP contribution in [0, 0.1) is 17.2 Å². The molecule has 4 heteroatoms. The summed E-state index contributed by atoms with van der Waals surface area (Å²) in [6, 6.07) is 19.3. The Balaban J connectivity index is 1.85. The van der Waals surface area contributed by atoms with Gasteiger partial charge < -0.3 is 4.74 Å². The van der Waals surface area contributed by atoms with Crippen molar-refractivity contribution >= 4 is 0 Å². The van der Waals surface area contributed by atoms with Crippen LogP contribution in [0.3, 0.4) is 0 Å². The Morgan fingerprint density at radius 3 is 2.17 bits per heavy atom. The van der Waals surface area contributed by atoms with Crippen LogP contribution in [0.25, 0.3) is 11.1 Å². The Bertz CT molecular complexity index is 650. The van der Waals surface area contributed by atoms with Crippen LogP contribution in [0.15, 0.2) is 54.6 Å². The predicted octanol–water partition coefficient (Wildman–Crippen LogP) is 5.35. The summed E-state index contributed by atoms with van der Waals surface area (Å²) in [4.78, 5) is 0. The molecule has 0 radical (unpaired) electrons. The minimum Gasteiger partial charge on any atom is -0.491 e. The number of alkyl halides is 2. The highest BCUT2D eigenvalue weighted by Crippen LogP contribution is 2.23. The van der Waals surface area contributed by atoms with Gasteiger partial charge in [0.2, 0.25) is 0 Å². The summed E-state index contributed by atoms with van der Waals surface area (Å²) in [7, 11) is 0. The molecule has 0 aliphatic carbocycles. The van der Waals surface area contributed by atoms with E-state index < -0.39 is 18.3 Å². The zero-order valence-electron chi connectivity index (χ0n) is 13.7. The van der Waals surface area contributed by atoms with Crippen molar-refractivity contribution in [3.8, 4) is 22.9 Å². The molecule has 2 nitrogen and oxygen atoms in total. The van der Waals surface area contributed by atoms with Crippen molar-refractivity contribution in [1.29, 1.82) is 5.26 Å². The first kappa shape index (κ1) is 17.9. The molecule has 2 rings (SSSR count). The Kier molecular flexibility index (Phi) is 6.74. The van der Waals surface area contributed by atoms with Gasteiger partial charge in [-0.15, -0.1) is 0 Å². The molecule has 0 heterocycles. The highest BCUT2D eigenvalue weighted by Gasteiger charge is 2.18. The Hall–Kier alpha value is -2.41. The number of nitrogens with zero attached hydrogens (tertiary/aromatic N) is 1. The lowest BCUT2D eigenvalue weighted by Gasteiger charge is -2.14. The van der Waals surface area contributed by atoms with Gasteiger partial charge in [-0.25, -0.2) is 8.78 Å². The molecule has 126 valence electrons. The van der Waals surface area contributed by atoms with Gasteiger partial charge in [-0.3, -0.25) is 0 Å². The van der Waals surface area contributed by atoms with Gasteiger partial charge in [0, 0.05) is 0 Å². The van der Waals surface area contributed by atoms with E-state index in [1.165, 1.54) is 6.92 Å². The van der Waals surface area contributed by atoms with Crippen LogP contribution in [-0.4, -0.2) is 19.0 Å². The quantitative estimate of drug-likeness (QED) is 0.654. The van der Waals surface area contributed by atoms with Gasteiger partial charge in [0.1, 0.15) is 18.5 Å². The molecule has 0 saturated heterocycles. The van der Waals surface area contributed by atoms with E-state index in [9.17, 15) is 8.78 Å². The maximum absolute atomic E-state index is 13.9. The van der Waals surface area contributed by atoms with Gasteiger partial charge >= 0.3 is 0 Å². The summed E-state index contributed by atoms with van der Waals surface area (Å²) in [5, 5.41) is 8.92. The fourth-order valence-corrected chi connectivity index (χ4v) is 2.53. The lowest BCUT2D eigenvalue weighted by atomic mass is 9.98. The fourth-order valence-electron chi connectivity index (χ4n) is 2.53. The number of ether oxygens (including phenoxy) is 1. The molecular weight excluding hydrogens is 308 g/mol. The maximum atomic E-state index is 13.9. The van der Waals surface area contributed by atoms with E-state index in [0.717, 1.165) is 11.1 Å². The predicted molar refractivity (Wildman–Crippen MR) is 91.2 cm³/mol. The van der Waals surface area contributed by atoms with Crippen molar-refractivity contribution in [2.45, 2.75) is 32.1 Å². The molecule has 2 aromatic carbocycles. The van der Waals surface area contributed by atoms with Gasteiger partial charge in [-0.2, -0.15) is 5.26 Å². The topological polar surface area (TPSA) is 33.0 Å². The van der Waals surface area contributed by atoms with Gasteiger partial charge in [-0.05, 0) is 43.0 Å². The van der Waals surface area contributed by atoms with E-state index in [-0.39, 0.29) is 19.4 Å². The molecule has 0 bridgehead atoms. The number of halogens is 2. The van der Waals surface area contributed by atoms with Crippen molar-refractivity contribution in [3.63, 3.8) is 0 Å². The minimum absolute atomic E-state index is 0.00708. The standard InChI is InChI=1S/C20H21F2NO/c1-15(21)11-16(13-23)12-19(22)14-24-20-9-7-18(8-10-20)17-5-3-2-4-6-17/h2-10,15-16,19H,11-12,14H2,1H3. The highest BCUT2D eigenvalue weighted by molar-refractivity contribution is 5.63. The number of benzene rings is 2. The van der Waals surface area contributed by atoms with Gasteiger partial charge in [0.05, 0.1) is 18.2 Å². The maximum Gasteiger partial charge on any atom is 0.135 e. The van der Waals surface area contributed by atoms with Crippen LogP contribution in [0.2, 0.25) is 0 Å². The van der Waals surface area contributed by atoms with Crippen LogP contribution in [0.1, 0.15) is 19.8 Å². The second-order valence-corrected chi connectivity index (χ2v) is 5.88. The van der Waals surface area contributed by atoms with Crippen molar-refractivity contribution in [1.82, 2.24) is 0 Å². The summed E-state index contributed by atoms with van der Waals surface area (Å²) >= 11 is 0. The molecule has 0 aliphatic rings. The van der Waals surface area contributed by atoms with Crippen LogP contribution < -0.4 is 4.74 Å². The fraction of sp³-hybridized carbons (Fsp3) is 0.350. The van der Waals surface area contributed by atoms with Crippen LogP contribution in [0.4, 0.5) is 8.78 Å². The second kappa shape index (κ2) is 9.02. The second-order valence-electron chi connectivity index (χ2n) is 5.88. The average Bonchev–Trinajstić information content (AvgIpc) is 2.60. The van der Waals surface area contributed by atoms with Gasteiger partial charge in [0.15, 0.2) is 0 Å². The average molecular weight is 329 g/mol. The first-order valence-electron chi connectivity index (χ1n) is 8.04. The summed E-state index contributed by atoms with van der Waals surface area (Å²) < 4.78 is 32.3. The molecule has 0 amide bonds. The third-order valence-electron chi connectivity index (χ3n) is 3.72. The Morgan fingerprint density at radius 1 is 0.958 bits per heavy atom. The SMILES string of the molecule is CC(F)CC(C#N)CC(F)COc1ccc(-c2ccccc2)cc1. The smallest absolute Gasteiger partial charge is 0.135 e. The Morgan fingerprint density at radius 2 is 1.58 bits per heavy atom. The van der Waals surface area contributed by atoms with E-state index in [1.54, 1.807) is 12.1 Å². The van der Waals surface area contributed by atoms with Crippen molar-refractivity contribution < 1.29 is 13.5 Å². The first-order chi connectivity index (χ1) is 11.6.